The van der Waals surface area contributed by atoms with Crippen molar-refractivity contribution < 1.29 is 9.32 Å². The van der Waals surface area contributed by atoms with E-state index in [0.717, 1.165) is 5.56 Å². The molecule has 0 aliphatic rings. The quantitative estimate of drug-likeness (QED) is 0.605. The van der Waals surface area contributed by atoms with Crippen LogP contribution in [0.2, 0.25) is 0 Å². The van der Waals surface area contributed by atoms with E-state index in [-0.39, 0.29) is 5.91 Å². The van der Waals surface area contributed by atoms with Gasteiger partial charge < -0.3 is 9.84 Å². The number of hydrogen-bond donors (Lipinski definition) is 1. The molecule has 0 saturated heterocycles. The Morgan fingerprint density at radius 2 is 1.65 bits per heavy atom. The number of nitrogens with one attached hydrogen (secondary N) is 1. The third kappa shape index (κ3) is 3.34. The van der Waals surface area contributed by atoms with E-state index in [1.807, 2.05) is 48.5 Å². The lowest BCUT2D eigenvalue weighted by Gasteiger charge is -2.05. The van der Waals surface area contributed by atoms with E-state index in [1.165, 1.54) is 0 Å². The van der Waals surface area contributed by atoms with E-state index in [9.17, 15) is 4.79 Å². The van der Waals surface area contributed by atoms with Gasteiger partial charge in [0.2, 0.25) is 5.82 Å². The van der Waals surface area contributed by atoms with E-state index in [1.54, 1.807) is 30.5 Å². The number of anilines is 1. The number of carbonyl (C=O) groups is 1. The minimum atomic E-state index is -0.159. The largest absolute Gasteiger partial charge is 0.334 e. The smallest absolute Gasteiger partial charge is 0.258 e. The molecule has 0 saturated carbocycles. The Kier molecular flexibility index (Phi) is 4.22. The summed E-state index contributed by atoms with van der Waals surface area (Å²) in [5.74, 6) is 0.669. The van der Waals surface area contributed by atoms with Crippen molar-refractivity contribution in [2.75, 3.05) is 5.32 Å². The standard InChI is InChI=1S/C20H14N4O2/c25-19(14-6-2-1-3-7-14)22-16-11-9-15(10-12-16)20-23-18(24-26-20)17-8-4-5-13-21-17/h1-13H,(H,22,25). The molecular weight excluding hydrogens is 328 g/mol. The molecule has 0 atom stereocenters. The summed E-state index contributed by atoms with van der Waals surface area (Å²) in [4.78, 5) is 20.7. The number of pyridine rings is 1. The highest BCUT2D eigenvalue weighted by molar-refractivity contribution is 6.04. The highest BCUT2D eigenvalue weighted by atomic mass is 16.5. The van der Waals surface area contributed by atoms with Gasteiger partial charge in [0, 0.05) is 23.0 Å². The van der Waals surface area contributed by atoms with Crippen molar-refractivity contribution >= 4 is 11.6 Å². The Hall–Kier alpha value is -3.80. The van der Waals surface area contributed by atoms with Gasteiger partial charge in [-0.15, -0.1) is 0 Å². The Labute approximate surface area is 149 Å². The van der Waals surface area contributed by atoms with Crippen molar-refractivity contribution in [1.29, 1.82) is 0 Å². The molecule has 6 nitrogen and oxygen atoms in total. The van der Waals surface area contributed by atoms with Crippen molar-refractivity contribution in [3.63, 3.8) is 0 Å². The van der Waals surface area contributed by atoms with Crippen LogP contribution in [0.1, 0.15) is 10.4 Å². The SMILES string of the molecule is O=C(Nc1ccc(-c2nc(-c3ccccn3)no2)cc1)c1ccccc1. The topological polar surface area (TPSA) is 80.9 Å². The van der Waals surface area contributed by atoms with Gasteiger partial charge in [-0.3, -0.25) is 9.78 Å². The first kappa shape index (κ1) is 15.7. The van der Waals surface area contributed by atoms with Crippen molar-refractivity contribution in [2.45, 2.75) is 0 Å². The zero-order chi connectivity index (χ0) is 17.8. The summed E-state index contributed by atoms with van der Waals surface area (Å²) in [7, 11) is 0. The molecule has 2 heterocycles. The number of benzene rings is 2. The van der Waals surface area contributed by atoms with Gasteiger partial charge in [-0.25, -0.2) is 0 Å². The second-order valence-electron chi connectivity index (χ2n) is 5.54. The summed E-state index contributed by atoms with van der Waals surface area (Å²) in [5.41, 5.74) is 2.70. The van der Waals surface area contributed by atoms with E-state index in [2.05, 4.69) is 20.4 Å². The second-order valence-corrected chi connectivity index (χ2v) is 5.54. The van der Waals surface area contributed by atoms with Crippen molar-refractivity contribution in [3.05, 3.63) is 84.6 Å². The third-order valence-corrected chi connectivity index (χ3v) is 3.75. The zero-order valence-corrected chi connectivity index (χ0v) is 13.7. The van der Waals surface area contributed by atoms with Crippen molar-refractivity contribution in [2.24, 2.45) is 0 Å². The van der Waals surface area contributed by atoms with Crippen LogP contribution in [0.15, 0.2) is 83.5 Å². The highest BCUT2D eigenvalue weighted by Gasteiger charge is 2.11. The lowest BCUT2D eigenvalue weighted by atomic mass is 10.2. The maximum absolute atomic E-state index is 12.2. The number of aromatic nitrogens is 3. The molecule has 0 radical (unpaired) electrons. The Morgan fingerprint density at radius 1 is 0.885 bits per heavy atom. The van der Waals surface area contributed by atoms with Crippen LogP contribution in [0.25, 0.3) is 23.0 Å². The molecular formula is C20H14N4O2. The van der Waals surface area contributed by atoms with Crippen LogP contribution in [0.3, 0.4) is 0 Å². The molecule has 2 aromatic heterocycles. The maximum atomic E-state index is 12.2. The minimum absolute atomic E-state index is 0.159. The van der Waals surface area contributed by atoms with Gasteiger partial charge in [0.05, 0.1) is 0 Å². The molecule has 4 aromatic rings. The fourth-order valence-electron chi connectivity index (χ4n) is 2.43. The normalized spacial score (nSPS) is 10.5. The number of amides is 1. The third-order valence-electron chi connectivity index (χ3n) is 3.75. The first-order valence-electron chi connectivity index (χ1n) is 8.01. The summed E-state index contributed by atoms with van der Waals surface area (Å²) in [6.07, 6.45) is 1.68. The molecule has 0 aliphatic heterocycles. The van der Waals surface area contributed by atoms with Gasteiger partial charge in [0.1, 0.15) is 5.69 Å². The van der Waals surface area contributed by atoms with Crippen LogP contribution in [0.4, 0.5) is 5.69 Å². The van der Waals surface area contributed by atoms with Gasteiger partial charge in [0.15, 0.2) is 0 Å². The number of rotatable bonds is 4. The molecule has 6 heteroatoms. The number of nitrogens with zero attached hydrogens (tertiary/aromatic N) is 3. The summed E-state index contributed by atoms with van der Waals surface area (Å²) >= 11 is 0. The average molecular weight is 342 g/mol. The van der Waals surface area contributed by atoms with Gasteiger partial charge in [-0.2, -0.15) is 4.98 Å². The predicted molar refractivity (Wildman–Crippen MR) is 97.4 cm³/mol. The molecule has 2 aromatic carbocycles. The van der Waals surface area contributed by atoms with Gasteiger partial charge in [-0.1, -0.05) is 29.4 Å². The Morgan fingerprint density at radius 3 is 2.38 bits per heavy atom. The molecule has 0 unspecified atom stereocenters. The lowest BCUT2D eigenvalue weighted by Crippen LogP contribution is -2.11. The molecule has 4 rings (SSSR count). The van der Waals surface area contributed by atoms with E-state index < -0.39 is 0 Å². The van der Waals surface area contributed by atoms with Crippen LogP contribution in [0, 0.1) is 0 Å². The van der Waals surface area contributed by atoms with Gasteiger partial charge in [0.25, 0.3) is 11.8 Å². The van der Waals surface area contributed by atoms with E-state index >= 15 is 0 Å². The lowest BCUT2D eigenvalue weighted by molar-refractivity contribution is 0.102. The average Bonchev–Trinajstić information content (AvgIpc) is 3.20. The molecule has 0 spiro atoms. The predicted octanol–water partition coefficient (Wildman–Crippen LogP) is 4.05. The van der Waals surface area contributed by atoms with Crippen LogP contribution >= 0.6 is 0 Å². The van der Waals surface area contributed by atoms with Crippen LogP contribution in [0.5, 0.6) is 0 Å². The summed E-state index contributed by atoms with van der Waals surface area (Å²) in [6.45, 7) is 0. The molecule has 0 aliphatic carbocycles. The maximum Gasteiger partial charge on any atom is 0.258 e. The molecule has 1 amide bonds. The Balaban J connectivity index is 1.50. The van der Waals surface area contributed by atoms with E-state index in [0.29, 0.717) is 28.7 Å². The summed E-state index contributed by atoms with van der Waals surface area (Å²) in [6, 6.07) is 21.8. The molecule has 0 bridgehead atoms. The highest BCUT2D eigenvalue weighted by Crippen LogP contribution is 2.22. The van der Waals surface area contributed by atoms with Crippen LogP contribution in [-0.4, -0.2) is 21.0 Å². The van der Waals surface area contributed by atoms with Crippen molar-refractivity contribution in [3.8, 4) is 23.0 Å². The number of carbonyl (C=O) groups excluding carboxylic acids is 1. The van der Waals surface area contributed by atoms with Crippen LogP contribution < -0.4 is 5.32 Å². The summed E-state index contributed by atoms with van der Waals surface area (Å²) < 4.78 is 5.31. The number of hydrogen-bond acceptors (Lipinski definition) is 5. The molecule has 126 valence electrons. The zero-order valence-electron chi connectivity index (χ0n) is 13.7. The summed E-state index contributed by atoms with van der Waals surface area (Å²) in [5, 5.41) is 6.81. The van der Waals surface area contributed by atoms with E-state index in [4.69, 9.17) is 4.52 Å². The molecule has 26 heavy (non-hydrogen) atoms. The first-order chi connectivity index (χ1) is 12.8. The van der Waals surface area contributed by atoms with Gasteiger partial charge in [-0.05, 0) is 48.5 Å². The fourth-order valence-corrected chi connectivity index (χ4v) is 2.43. The first-order valence-corrected chi connectivity index (χ1v) is 8.01. The van der Waals surface area contributed by atoms with Crippen molar-refractivity contribution in [1.82, 2.24) is 15.1 Å². The Bertz CT molecular complexity index is 1010. The molecule has 0 fully saturated rings. The molecule has 1 N–H and O–H groups in total. The minimum Gasteiger partial charge on any atom is -0.334 e. The second kappa shape index (κ2) is 6.98. The van der Waals surface area contributed by atoms with Gasteiger partial charge >= 0.3 is 0 Å². The fraction of sp³-hybridized carbons (Fsp3) is 0. The monoisotopic (exact) mass is 342 g/mol. The van der Waals surface area contributed by atoms with Crippen LogP contribution in [-0.2, 0) is 0 Å².